The molecule has 1 aromatic carbocycles. The van der Waals surface area contributed by atoms with E-state index in [2.05, 4.69) is 35.9 Å². The van der Waals surface area contributed by atoms with Gasteiger partial charge in [0.2, 0.25) is 5.91 Å². The molecular weight excluding hydrogens is 334 g/mol. The molecule has 0 spiro atoms. The minimum atomic E-state index is -0.0318. The third-order valence-electron chi connectivity index (χ3n) is 4.42. The van der Waals surface area contributed by atoms with Crippen molar-refractivity contribution in [3.63, 3.8) is 0 Å². The predicted molar refractivity (Wildman–Crippen MR) is 103 cm³/mol. The lowest BCUT2D eigenvalue weighted by atomic mass is 10.1. The smallest absolute Gasteiger partial charge is 0.220 e. The molecule has 0 saturated heterocycles. The number of nitrogens with zero attached hydrogens (tertiary/aromatic N) is 2. The van der Waals surface area contributed by atoms with Crippen LogP contribution < -0.4 is 5.32 Å². The van der Waals surface area contributed by atoms with E-state index in [4.69, 9.17) is 11.6 Å². The van der Waals surface area contributed by atoms with E-state index < -0.39 is 0 Å². The zero-order chi connectivity index (χ0) is 18.6. The van der Waals surface area contributed by atoms with E-state index in [1.165, 1.54) is 11.3 Å². The normalized spacial score (nSPS) is 12.4. The van der Waals surface area contributed by atoms with Crippen LogP contribution in [-0.2, 0) is 17.8 Å². The van der Waals surface area contributed by atoms with Crippen molar-refractivity contribution in [2.45, 2.75) is 60.0 Å². The fourth-order valence-electron chi connectivity index (χ4n) is 3.01. The van der Waals surface area contributed by atoms with Gasteiger partial charge < -0.3 is 5.32 Å². The highest BCUT2D eigenvalue weighted by atomic mass is 35.5. The van der Waals surface area contributed by atoms with Crippen LogP contribution in [-0.4, -0.2) is 15.7 Å². The quantitative estimate of drug-likeness (QED) is 0.782. The number of hydrogen-bond donors (Lipinski definition) is 1. The maximum Gasteiger partial charge on any atom is 0.220 e. The van der Waals surface area contributed by atoms with E-state index in [1.807, 2.05) is 38.1 Å². The van der Waals surface area contributed by atoms with E-state index in [1.54, 1.807) is 0 Å². The summed E-state index contributed by atoms with van der Waals surface area (Å²) in [6.07, 6.45) is 1.18. The number of aryl methyl sites for hydroxylation is 1. The van der Waals surface area contributed by atoms with E-state index >= 15 is 0 Å². The molecule has 0 aliphatic heterocycles. The summed E-state index contributed by atoms with van der Waals surface area (Å²) < 4.78 is 2.06. The van der Waals surface area contributed by atoms with Crippen LogP contribution in [0.25, 0.3) is 0 Å². The number of benzene rings is 1. The Morgan fingerprint density at radius 1 is 1.20 bits per heavy atom. The van der Waals surface area contributed by atoms with Crippen molar-refractivity contribution in [1.82, 2.24) is 15.1 Å². The van der Waals surface area contributed by atoms with Crippen LogP contribution in [0, 0.1) is 19.8 Å². The van der Waals surface area contributed by atoms with Gasteiger partial charge in [0.1, 0.15) is 0 Å². The van der Waals surface area contributed by atoms with Crippen LogP contribution in [0.1, 0.15) is 55.7 Å². The number of aromatic nitrogens is 2. The topological polar surface area (TPSA) is 46.9 Å². The summed E-state index contributed by atoms with van der Waals surface area (Å²) in [4.78, 5) is 12.3. The maximum atomic E-state index is 12.3. The number of rotatable bonds is 7. The highest BCUT2D eigenvalue weighted by Gasteiger charge is 2.15. The zero-order valence-corrected chi connectivity index (χ0v) is 16.5. The van der Waals surface area contributed by atoms with Gasteiger partial charge in [0.15, 0.2) is 0 Å². The van der Waals surface area contributed by atoms with Crippen molar-refractivity contribution >= 4 is 17.5 Å². The van der Waals surface area contributed by atoms with E-state index in [0.29, 0.717) is 17.4 Å². The molecule has 1 aromatic heterocycles. The number of halogens is 1. The fourth-order valence-corrected chi connectivity index (χ4v) is 3.13. The van der Waals surface area contributed by atoms with Crippen LogP contribution >= 0.6 is 11.6 Å². The van der Waals surface area contributed by atoms with Crippen LogP contribution in [0.5, 0.6) is 0 Å². The molecule has 0 radical (unpaired) electrons. The average molecular weight is 362 g/mol. The Labute approximate surface area is 155 Å². The number of carbonyl (C=O) groups excluding carboxylic acids is 1. The summed E-state index contributed by atoms with van der Waals surface area (Å²) in [6, 6.07) is 7.54. The lowest BCUT2D eigenvalue weighted by molar-refractivity contribution is -0.121. The highest BCUT2D eigenvalue weighted by Crippen LogP contribution is 2.18. The van der Waals surface area contributed by atoms with Crippen LogP contribution in [0.3, 0.4) is 0 Å². The first kappa shape index (κ1) is 19.5. The molecule has 2 rings (SSSR count). The third-order valence-corrected chi connectivity index (χ3v) is 4.67. The second kappa shape index (κ2) is 8.52. The number of carbonyl (C=O) groups is 1. The standard InChI is InChI=1S/C20H28ClN3O/c1-13(2)12-24-16(5)19(15(4)23-24)10-11-20(25)22-14(3)17-6-8-18(21)9-7-17/h6-9,13-14H,10-12H2,1-5H3,(H,22,25). The van der Waals surface area contributed by atoms with Crippen LogP contribution in [0.15, 0.2) is 24.3 Å². The summed E-state index contributed by atoms with van der Waals surface area (Å²) in [5, 5.41) is 8.37. The van der Waals surface area contributed by atoms with Crippen molar-refractivity contribution in [2.24, 2.45) is 5.92 Å². The Balaban J connectivity index is 1.93. The lowest BCUT2D eigenvalue weighted by Gasteiger charge is -2.14. The average Bonchev–Trinajstić information content (AvgIpc) is 2.79. The zero-order valence-electron chi connectivity index (χ0n) is 15.8. The van der Waals surface area contributed by atoms with Gasteiger partial charge in [0, 0.05) is 23.7 Å². The molecule has 0 fully saturated rings. The van der Waals surface area contributed by atoms with Crippen molar-refractivity contribution in [1.29, 1.82) is 0 Å². The molecule has 136 valence electrons. The molecular formula is C20H28ClN3O. The van der Waals surface area contributed by atoms with Gasteiger partial charge in [-0.25, -0.2) is 0 Å². The fraction of sp³-hybridized carbons (Fsp3) is 0.500. The van der Waals surface area contributed by atoms with Crippen molar-refractivity contribution in [3.05, 3.63) is 51.8 Å². The first-order chi connectivity index (χ1) is 11.8. The molecule has 1 unspecified atom stereocenters. The van der Waals surface area contributed by atoms with Gasteiger partial charge in [-0.3, -0.25) is 9.48 Å². The van der Waals surface area contributed by atoms with Gasteiger partial charge in [-0.2, -0.15) is 5.10 Å². The van der Waals surface area contributed by atoms with Crippen LogP contribution in [0.4, 0.5) is 0 Å². The van der Waals surface area contributed by atoms with Crippen molar-refractivity contribution in [3.8, 4) is 0 Å². The SMILES string of the molecule is Cc1nn(CC(C)C)c(C)c1CCC(=O)NC(C)c1ccc(Cl)cc1. The van der Waals surface area contributed by atoms with Gasteiger partial charge in [-0.15, -0.1) is 0 Å². The monoisotopic (exact) mass is 361 g/mol. The Kier molecular flexibility index (Phi) is 6.65. The minimum absolute atomic E-state index is 0.0318. The largest absolute Gasteiger partial charge is 0.350 e. The highest BCUT2D eigenvalue weighted by molar-refractivity contribution is 6.30. The summed E-state index contributed by atoms with van der Waals surface area (Å²) in [5.41, 5.74) is 4.44. The Hall–Kier alpha value is -1.81. The maximum absolute atomic E-state index is 12.3. The van der Waals surface area contributed by atoms with E-state index in [0.717, 1.165) is 24.2 Å². The number of nitrogens with one attached hydrogen (secondary N) is 1. The summed E-state index contributed by atoms with van der Waals surface area (Å²) in [6.45, 7) is 11.4. The molecule has 1 atom stereocenters. The van der Waals surface area contributed by atoms with Gasteiger partial charge in [0.25, 0.3) is 0 Å². The Morgan fingerprint density at radius 2 is 1.84 bits per heavy atom. The molecule has 1 N–H and O–H groups in total. The molecule has 0 saturated carbocycles. The number of amides is 1. The number of hydrogen-bond acceptors (Lipinski definition) is 2. The van der Waals surface area contributed by atoms with E-state index in [-0.39, 0.29) is 11.9 Å². The van der Waals surface area contributed by atoms with Crippen LogP contribution in [0.2, 0.25) is 5.02 Å². The summed E-state index contributed by atoms with van der Waals surface area (Å²) in [5.74, 6) is 0.604. The molecule has 5 heteroatoms. The third kappa shape index (κ3) is 5.33. The molecule has 0 aliphatic rings. The first-order valence-electron chi connectivity index (χ1n) is 8.85. The lowest BCUT2D eigenvalue weighted by Crippen LogP contribution is -2.26. The molecule has 1 amide bonds. The molecule has 0 aliphatic carbocycles. The molecule has 4 nitrogen and oxygen atoms in total. The van der Waals surface area contributed by atoms with Gasteiger partial charge in [-0.05, 0) is 56.4 Å². The minimum Gasteiger partial charge on any atom is -0.350 e. The van der Waals surface area contributed by atoms with E-state index in [9.17, 15) is 4.79 Å². The second-order valence-electron chi connectivity index (χ2n) is 7.07. The molecule has 2 aromatic rings. The first-order valence-corrected chi connectivity index (χ1v) is 9.23. The van der Waals surface area contributed by atoms with Gasteiger partial charge >= 0.3 is 0 Å². The second-order valence-corrected chi connectivity index (χ2v) is 7.50. The Bertz CT molecular complexity index is 719. The molecule has 1 heterocycles. The molecule has 0 bridgehead atoms. The van der Waals surface area contributed by atoms with Crippen molar-refractivity contribution < 1.29 is 4.79 Å². The predicted octanol–water partition coefficient (Wildman–Crippen LogP) is 4.62. The Morgan fingerprint density at radius 3 is 2.44 bits per heavy atom. The molecule has 25 heavy (non-hydrogen) atoms. The van der Waals surface area contributed by atoms with Crippen molar-refractivity contribution in [2.75, 3.05) is 0 Å². The summed E-state index contributed by atoms with van der Waals surface area (Å²) in [7, 11) is 0. The van der Waals surface area contributed by atoms with Gasteiger partial charge in [-0.1, -0.05) is 37.6 Å². The van der Waals surface area contributed by atoms with Gasteiger partial charge in [0.05, 0.1) is 11.7 Å². The summed E-state index contributed by atoms with van der Waals surface area (Å²) >= 11 is 5.91.